The molecular weight excluding hydrogens is 328 g/mol. The van der Waals surface area contributed by atoms with Crippen LogP contribution in [-0.4, -0.2) is 53.6 Å². The Morgan fingerprint density at radius 1 is 1.15 bits per heavy atom. The second-order valence-corrected chi connectivity index (χ2v) is 6.99. The van der Waals surface area contributed by atoms with E-state index >= 15 is 0 Å². The van der Waals surface area contributed by atoms with Crippen LogP contribution in [0.5, 0.6) is 0 Å². The highest BCUT2D eigenvalue weighted by atomic mass is 16.5. The van der Waals surface area contributed by atoms with Crippen LogP contribution in [0, 0.1) is 13.8 Å². The first-order valence-electron chi connectivity index (χ1n) is 9.15. The third-order valence-corrected chi connectivity index (χ3v) is 5.27. The van der Waals surface area contributed by atoms with Gasteiger partial charge in [-0.2, -0.15) is 0 Å². The van der Waals surface area contributed by atoms with E-state index in [0.717, 1.165) is 42.1 Å². The molecule has 0 radical (unpaired) electrons. The van der Waals surface area contributed by atoms with E-state index in [1.807, 2.05) is 23.4 Å². The van der Waals surface area contributed by atoms with Crippen molar-refractivity contribution in [1.29, 1.82) is 0 Å². The maximum atomic E-state index is 13.0. The van der Waals surface area contributed by atoms with Crippen molar-refractivity contribution < 1.29 is 9.53 Å². The van der Waals surface area contributed by atoms with Crippen LogP contribution in [0.3, 0.4) is 0 Å². The highest BCUT2D eigenvalue weighted by Gasteiger charge is 2.32. The number of nitrogens with zero attached hydrogens (tertiary/aromatic N) is 4. The smallest absolute Gasteiger partial charge is 0.258 e. The molecule has 1 fully saturated rings. The van der Waals surface area contributed by atoms with Gasteiger partial charge >= 0.3 is 0 Å². The van der Waals surface area contributed by atoms with Crippen molar-refractivity contribution in [3.63, 3.8) is 0 Å². The number of hydrogen-bond acceptors (Lipinski definition) is 5. The summed E-state index contributed by atoms with van der Waals surface area (Å²) in [5.74, 6) is 0.0819. The van der Waals surface area contributed by atoms with E-state index in [9.17, 15) is 4.79 Å². The Morgan fingerprint density at radius 3 is 2.73 bits per heavy atom. The number of ether oxygens (including phenoxy) is 1. The fourth-order valence-electron chi connectivity index (χ4n) is 3.57. The van der Waals surface area contributed by atoms with Gasteiger partial charge in [-0.3, -0.25) is 14.8 Å². The molecule has 0 aromatic carbocycles. The minimum absolute atomic E-state index is 0.0819. The SMILES string of the molecule is Cc1cnc(CCN2Cc3nccc(N4CCOCC4)c3C2=O)cc1C. The van der Waals surface area contributed by atoms with Gasteiger partial charge in [0.05, 0.1) is 36.7 Å². The fraction of sp³-hybridized carbons (Fsp3) is 0.450. The van der Waals surface area contributed by atoms with Gasteiger partial charge in [0.15, 0.2) is 0 Å². The van der Waals surface area contributed by atoms with E-state index in [2.05, 4.69) is 34.8 Å². The molecule has 0 bridgehead atoms. The quantitative estimate of drug-likeness (QED) is 0.844. The van der Waals surface area contributed by atoms with Crippen molar-refractivity contribution in [2.75, 3.05) is 37.7 Å². The van der Waals surface area contributed by atoms with Crippen LogP contribution in [0.25, 0.3) is 0 Å². The van der Waals surface area contributed by atoms with Crippen molar-refractivity contribution in [1.82, 2.24) is 14.9 Å². The van der Waals surface area contributed by atoms with Crippen LogP contribution in [-0.2, 0) is 17.7 Å². The number of anilines is 1. The Kier molecular flexibility index (Phi) is 4.59. The van der Waals surface area contributed by atoms with Crippen molar-refractivity contribution in [2.45, 2.75) is 26.8 Å². The molecule has 0 N–H and O–H groups in total. The van der Waals surface area contributed by atoms with Gasteiger partial charge in [-0.1, -0.05) is 0 Å². The maximum Gasteiger partial charge on any atom is 0.258 e. The zero-order chi connectivity index (χ0) is 18.1. The van der Waals surface area contributed by atoms with Crippen LogP contribution in [0.1, 0.15) is 32.9 Å². The molecule has 1 saturated heterocycles. The highest BCUT2D eigenvalue weighted by molar-refractivity contribution is 6.03. The van der Waals surface area contributed by atoms with E-state index in [0.29, 0.717) is 26.3 Å². The molecule has 2 aliphatic rings. The molecule has 6 nitrogen and oxygen atoms in total. The largest absolute Gasteiger partial charge is 0.378 e. The average Bonchev–Trinajstić information content (AvgIpc) is 2.99. The zero-order valence-electron chi connectivity index (χ0n) is 15.4. The number of carbonyl (C=O) groups excluding carboxylic acids is 1. The number of hydrogen-bond donors (Lipinski definition) is 0. The third-order valence-electron chi connectivity index (χ3n) is 5.27. The molecule has 0 aliphatic carbocycles. The summed E-state index contributed by atoms with van der Waals surface area (Å²) in [4.78, 5) is 26.1. The van der Waals surface area contributed by atoms with Gasteiger partial charge in [0, 0.05) is 44.1 Å². The fourth-order valence-corrected chi connectivity index (χ4v) is 3.57. The Morgan fingerprint density at radius 2 is 1.96 bits per heavy atom. The van der Waals surface area contributed by atoms with Crippen molar-refractivity contribution in [2.24, 2.45) is 0 Å². The Labute approximate surface area is 153 Å². The van der Waals surface area contributed by atoms with Crippen molar-refractivity contribution in [3.05, 3.63) is 52.6 Å². The lowest BCUT2D eigenvalue weighted by molar-refractivity contribution is 0.0779. The first-order chi connectivity index (χ1) is 12.6. The molecule has 1 amide bonds. The standard InChI is InChI=1S/C20H24N4O2/c1-14-11-16(22-12-15(14)2)4-6-24-13-17-19(20(24)25)18(3-5-21-17)23-7-9-26-10-8-23/h3,5,11-12H,4,6-10,13H2,1-2H3. The molecule has 0 saturated carbocycles. The predicted octanol–water partition coefficient (Wildman–Crippen LogP) is 2.13. The van der Waals surface area contributed by atoms with E-state index in [1.165, 1.54) is 11.1 Å². The summed E-state index contributed by atoms with van der Waals surface area (Å²) in [5.41, 5.74) is 6.10. The molecular formula is C20H24N4O2. The number of fused-ring (bicyclic) bond motifs is 1. The molecule has 6 heteroatoms. The molecule has 26 heavy (non-hydrogen) atoms. The van der Waals surface area contributed by atoms with Gasteiger partial charge in [0.2, 0.25) is 0 Å². The Bertz CT molecular complexity index is 831. The topological polar surface area (TPSA) is 58.6 Å². The van der Waals surface area contributed by atoms with Crippen LogP contribution < -0.4 is 4.90 Å². The van der Waals surface area contributed by atoms with Gasteiger partial charge in [0.1, 0.15) is 0 Å². The summed E-state index contributed by atoms with van der Waals surface area (Å²) in [5, 5.41) is 0. The molecule has 0 unspecified atom stereocenters. The molecule has 4 heterocycles. The van der Waals surface area contributed by atoms with Crippen LogP contribution in [0.15, 0.2) is 24.5 Å². The number of carbonyl (C=O) groups is 1. The number of aryl methyl sites for hydroxylation is 2. The zero-order valence-corrected chi connectivity index (χ0v) is 15.4. The molecule has 2 aliphatic heterocycles. The summed E-state index contributed by atoms with van der Waals surface area (Å²) in [7, 11) is 0. The van der Waals surface area contributed by atoms with E-state index in [-0.39, 0.29) is 5.91 Å². The molecule has 2 aromatic rings. The first kappa shape index (κ1) is 17.0. The lowest BCUT2D eigenvalue weighted by atomic mass is 10.1. The van der Waals surface area contributed by atoms with Gasteiger partial charge in [-0.15, -0.1) is 0 Å². The average molecular weight is 352 g/mol. The summed E-state index contributed by atoms with van der Waals surface area (Å²) >= 11 is 0. The number of morpholine rings is 1. The Balaban J connectivity index is 1.50. The number of pyridine rings is 2. The number of amides is 1. The first-order valence-corrected chi connectivity index (χ1v) is 9.15. The van der Waals surface area contributed by atoms with Crippen molar-refractivity contribution in [3.8, 4) is 0 Å². The highest BCUT2D eigenvalue weighted by Crippen LogP contribution is 2.30. The van der Waals surface area contributed by atoms with E-state index in [4.69, 9.17) is 4.74 Å². The molecule has 0 atom stereocenters. The second-order valence-electron chi connectivity index (χ2n) is 6.99. The lowest BCUT2D eigenvalue weighted by Crippen LogP contribution is -2.37. The molecule has 136 valence electrons. The van der Waals surface area contributed by atoms with Gasteiger partial charge in [-0.25, -0.2) is 0 Å². The van der Waals surface area contributed by atoms with Crippen LogP contribution >= 0.6 is 0 Å². The molecule has 0 spiro atoms. The monoisotopic (exact) mass is 352 g/mol. The summed E-state index contributed by atoms with van der Waals surface area (Å²) in [6.45, 7) is 8.43. The van der Waals surface area contributed by atoms with E-state index in [1.54, 1.807) is 0 Å². The summed E-state index contributed by atoms with van der Waals surface area (Å²) in [6, 6.07) is 4.07. The second kappa shape index (κ2) is 7.03. The summed E-state index contributed by atoms with van der Waals surface area (Å²) in [6.07, 6.45) is 4.47. The maximum absolute atomic E-state index is 13.0. The summed E-state index contributed by atoms with van der Waals surface area (Å²) < 4.78 is 5.43. The van der Waals surface area contributed by atoms with E-state index < -0.39 is 0 Å². The third kappa shape index (κ3) is 3.17. The van der Waals surface area contributed by atoms with Gasteiger partial charge in [0.25, 0.3) is 5.91 Å². The minimum Gasteiger partial charge on any atom is -0.378 e. The van der Waals surface area contributed by atoms with Crippen LogP contribution in [0.4, 0.5) is 5.69 Å². The number of aromatic nitrogens is 2. The molecule has 2 aromatic heterocycles. The lowest BCUT2D eigenvalue weighted by Gasteiger charge is -2.30. The minimum atomic E-state index is 0.0819. The normalized spacial score (nSPS) is 16.9. The predicted molar refractivity (Wildman–Crippen MR) is 99.4 cm³/mol. The van der Waals surface area contributed by atoms with Crippen LogP contribution in [0.2, 0.25) is 0 Å². The van der Waals surface area contributed by atoms with Gasteiger partial charge < -0.3 is 14.5 Å². The number of rotatable bonds is 4. The van der Waals surface area contributed by atoms with Crippen molar-refractivity contribution >= 4 is 11.6 Å². The van der Waals surface area contributed by atoms with Gasteiger partial charge in [-0.05, 0) is 37.1 Å². The molecule has 4 rings (SSSR count). The Hall–Kier alpha value is -2.47.